The Kier molecular flexibility index (Phi) is 3.79. The summed E-state index contributed by atoms with van der Waals surface area (Å²) in [6.07, 6.45) is 4.39. The van der Waals surface area contributed by atoms with Crippen molar-refractivity contribution in [1.29, 1.82) is 0 Å². The van der Waals surface area contributed by atoms with E-state index >= 15 is 0 Å². The number of hydrogen-bond acceptors (Lipinski definition) is 2. The molecule has 0 radical (unpaired) electrons. The fraction of sp³-hybridized carbons (Fsp3) is 0.278. The van der Waals surface area contributed by atoms with E-state index in [1.54, 1.807) is 25.3 Å². The minimum atomic E-state index is -0.916. The van der Waals surface area contributed by atoms with E-state index in [-0.39, 0.29) is 17.3 Å². The van der Waals surface area contributed by atoms with Gasteiger partial charge >= 0.3 is 0 Å². The van der Waals surface area contributed by atoms with Crippen molar-refractivity contribution in [3.05, 3.63) is 64.5 Å². The van der Waals surface area contributed by atoms with Crippen LogP contribution in [0.4, 0.5) is 8.78 Å². The van der Waals surface area contributed by atoms with Gasteiger partial charge in [0.2, 0.25) is 0 Å². The first-order chi connectivity index (χ1) is 10.5. The van der Waals surface area contributed by atoms with Gasteiger partial charge in [-0.3, -0.25) is 4.98 Å². The molecular formula is C18H17F2NO. The van der Waals surface area contributed by atoms with Crippen LogP contribution in [0.2, 0.25) is 0 Å². The average Bonchev–Trinajstić information content (AvgIpc) is 2.45. The number of fused-ring (bicyclic) bond motifs is 1. The van der Waals surface area contributed by atoms with E-state index < -0.39 is 11.9 Å². The molecule has 0 fully saturated rings. The highest BCUT2D eigenvalue weighted by molar-refractivity contribution is 5.86. The summed E-state index contributed by atoms with van der Waals surface area (Å²) in [6, 6.07) is 4.69. The van der Waals surface area contributed by atoms with E-state index in [4.69, 9.17) is 0 Å². The summed E-state index contributed by atoms with van der Waals surface area (Å²) in [7, 11) is 0. The summed E-state index contributed by atoms with van der Waals surface area (Å²) in [4.78, 5) is 3.92. The molecule has 0 saturated carbocycles. The molecule has 2 nitrogen and oxygen atoms in total. The Hall–Kier alpha value is -2.07. The molecule has 2 atom stereocenters. The lowest BCUT2D eigenvalue weighted by Gasteiger charge is -2.25. The summed E-state index contributed by atoms with van der Waals surface area (Å²) in [6.45, 7) is 3.55. The first-order valence-corrected chi connectivity index (χ1v) is 7.29. The lowest BCUT2D eigenvalue weighted by Crippen LogP contribution is -2.13. The number of benzene rings is 1. The van der Waals surface area contributed by atoms with Crippen molar-refractivity contribution in [2.24, 2.45) is 5.92 Å². The summed E-state index contributed by atoms with van der Waals surface area (Å²) in [5.74, 6) is -0.666. The maximum absolute atomic E-state index is 14.0. The smallest absolute Gasteiger partial charge is 0.147 e. The Balaban J connectivity index is 2.16. The Bertz CT molecular complexity index is 753. The molecule has 1 heterocycles. The van der Waals surface area contributed by atoms with Gasteiger partial charge in [0.25, 0.3) is 0 Å². The number of rotatable bonds is 2. The highest BCUT2D eigenvalue weighted by Gasteiger charge is 2.24. The van der Waals surface area contributed by atoms with E-state index in [0.717, 1.165) is 22.9 Å². The zero-order chi connectivity index (χ0) is 15.9. The zero-order valence-corrected chi connectivity index (χ0v) is 12.5. The van der Waals surface area contributed by atoms with Gasteiger partial charge in [0, 0.05) is 17.3 Å². The Morgan fingerprint density at radius 2 is 2.05 bits per heavy atom. The molecule has 1 aliphatic carbocycles. The van der Waals surface area contributed by atoms with Crippen LogP contribution >= 0.6 is 0 Å². The molecule has 3 rings (SSSR count). The predicted octanol–water partition coefficient (Wildman–Crippen LogP) is 4.15. The zero-order valence-electron chi connectivity index (χ0n) is 12.5. The molecule has 4 heteroatoms. The van der Waals surface area contributed by atoms with E-state index in [2.05, 4.69) is 4.98 Å². The van der Waals surface area contributed by atoms with E-state index in [9.17, 15) is 13.9 Å². The summed E-state index contributed by atoms with van der Waals surface area (Å²) in [5, 5.41) is 9.89. The first kappa shape index (κ1) is 14.9. The number of allylic oxidation sites excluding steroid dienone is 1. The van der Waals surface area contributed by atoms with Gasteiger partial charge in [0.15, 0.2) is 0 Å². The predicted molar refractivity (Wildman–Crippen MR) is 82.0 cm³/mol. The topological polar surface area (TPSA) is 33.1 Å². The molecule has 2 unspecified atom stereocenters. The monoisotopic (exact) mass is 301 g/mol. The quantitative estimate of drug-likeness (QED) is 0.904. The van der Waals surface area contributed by atoms with Gasteiger partial charge in [0.05, 0.1) is 12.3 Å². The molecule has 0 amide bonds. The number of pyridine rings is 1. The van der Waals surface area contributed by atoms with Crippen LogP contribution in [0.1, 0.15) is 42.2 Å². The molecule has 0 saturated heterocycles. The van der Waals surface area contributed by atoms with E-state index in [0.29, 0.717) is 12.0 Å². The average molecular weight is 301 g/mol. The first-order valence-electron chi connectivity index (χ1n) is 7.29. The van der Waals surface area contributed by atoms with Crippen molar-refractivity contribution in [3.63, 3.8) is 0 Å². The van der Waals surface area contributed by atoms with Crippen molar-refractivity contribution in [3.8, 4) is 0 Å². The number of halogens is 2. The standard InChI is InChI=1S/C18H17F2NO/c1-10-5-13-6-14(19)4-3-12(13)7-15(10)16-8-21-9-17(20)18(16)11(2)22/h3-4,6-11,22H,5H2,1-2H3. The number of hydrogen-bond donors (Lipinski definition) is 1. The van der Waals surface area contributed by atoms with Crippen molar-refractivity contribution < 1.29 is 13.9 Å². The second-order valence-corrected chi connectivity index (χ2v) is 5.81. The SMILES string of the molecule is CC1Cc2cc(F)ccc2C=C1c1cncc(F)c1C(C)O. The van der Waals surface area contributed by atoms with Crippen molar-refractivity contribution in [2.75, 3.05) is 0 Å². The maximum atomic E-state index is 14.0. The van der Waals surface area contributed by atoms with Crippen molar-refractivity contribution in [2.45, 2.75) is 26.4 Å². The molecule has 1 aromatic heterocycles. The van der Waals surface area contributed by atoms with Gasteiger partial charge < -0.3 is 5.11 Å². The van der Waals surface area contributed by atoms with Crippen LogP contribution in [-0.2, 0) is 6.42 Å². The Morgan fingerprint density at radius 3 is 2.77 bits per heavy atom. The molecule has 1 N–H and O–H groups in total. The second kappa shape index (κ2) is 5.61. The lowest BCUT2D eigenvalue weighted by molar-refractivity contribution is 0.193. The third kappa shape index (κ3) is 2.55. The van der Waals surface area contributed by atoms with Crippen LogP contribution < -0.4 is 0 Å². The second-order valence-electron chi connectivity index (χ2n) is 5.81. The van der Waals surface area contributed by atoms with E-state index in [1.807, 2.05) is 13.0 Å². The van der Waals surface area contributed by atoms with Gasteiger partial charge in [-0.05, 0) is 48.1 Å². The molecule has 2 aromatic rings. The third-order valence-corrected chi connectivity index (χ3v) is 4.14. The molecule has 0 bridgehead atoms. The minimum absolute atomic E-state index is 0.0930. The van der Waals surface area contributed by atoms with Gasteiger partial charge in [-0.2, -0.15) is 0 Å². The van der Waals surface area contributed by atoms with Crippen LogP contribution in [0.5, 0.6) is 0 Å². The summed E-state index contributed by atoms with van der Waals surface area (Å²) >= 11 is 0. The fourth-order valence-corrected chi connectivity index (χ4v) is 3.08. The normalized spacial score (nSPS) is 18.6. The Morgan fingerprint density at radius 1 is 1.27 bits per heavy atom. The van der Waals surface area contributed by atoms with Crippen molar-refractivity contribution in [1.82, 2.24) is 4.98 Å². The number of aliphatic hydroxyl groups excluding tert-OH is 1. The van der Waals surface area contributed by atoms with Gasteiger partial charge in [-0.25, -0.2) is 8.78 Å². The maximum Gasteiger partial charge on any atom is 0.147 e. The molecule has 0 spiro atoms. The third-order valence-electron chi connectivity index (χ3n) is 4.14. The highest BCUT2D eigenvalue weighted by atomic mass is 19.1. The van der Waals surface area contributed by atoms with Crippen LogP contribution in [0, 0.1) is 17.6 Å². The highest BCUT2D eigenvalue weighted by Crippen LogP contribution is 2.38. The molecule has 0 aliphatic heterocycles. The molecule has 1 aliphatic rings. The van der Waals surface area contributed by atoms with Crippen molar-refractivity contribution >= 4 is 11.6 Å². The lowest BCUT2D eigenvalue weighted by atomic mass is 9.80. The van der Waals surface area contributed by atoms with Gasteiger partial charge in [-0.1, -0.05) is 19.1 Å². The molecule has 22 heavy (non-hydrogen) atoms. The van der Waals surface area contributed by atoms with Crippen LogP contribution in [0.15, 0.2) is 30.6 Å². The minimum Gasteiger partial charge on any atom is -0.389 e. The number of nitrogens with zero attached hydrogens (tertiary/aromatic N) is 1. The summed E-state index contributed by atoms with van der Waals surface area (Å²) in [5.41, 5.74) is 3.67. The molecule has 114 valence electrons. The largest absolute Gasteiger partial charge is 0.389 e. The van der Waals surface area contributed by atoms with E-state index in [1.165, 1.54) is 6.07 Å². The fourth-order valence-electron chi connectivity index (χ4n) is 3.08. The van der Waals surface area contributed by atoms with Crippen LogP contribution in [0.25, 0.3) is 11.6 Å². The summed E-state index contributed by atoms with van der Waals surface area (Å²) < 4.78 is 27.4. The number of aliphatic hydroxyl groups is 1. The van der Waals surface area contributed by atoms with Crippen LogP contribution in [0.3, 0.4) is 0 Å². The Labute approximate surface area is 128 Å². The number of aromatic nitrogens is 1. The van der Waals surface area contributed by atoms with Crippen LogP contribution in [-0.4, -0.2) is 10.1 Å². The van der Waals surface area contributed by atoms with Gasteiger partial charge in [0.1, 0.15) is 11.6 Å². The van der Waals surface area contributed by atoms with Gasteiger partial charge in [-0.15, -0.1) is 0 Å². The molecule has 1 aromatic carbocycles. The molecular weight excluding hydrogens is 284 g/mol.